The van der Waals surface area contributed by atoms with Crippen molar-refractivity contribution in [2.24, 2.45) is 0 Å². The van der Waals surface area contributed by atoms with Crippen LogP contribution in [-0.2, 0) is 0 Å². The van der Waals surface area contributed by atoms with E-state index < -0.39 is 0 Å². The summed E-state index contributed by atoms with van der Waals surface area (Å²) in [6.45, 7) is 2.08. The number of anilines is 1. The van der Waals surface area contributed by atoms with Gasteiger partial charge in [0.25, 0.3) is 0 Å². The Balaban J connectivity index is 1.94. The zero-order valence-corrected chi connectivity index (χ0v) is 10.4. The smallest absolute Gasteiger partial charge is 0.226 e. The number of rotatable bonds is 2. The number of hydrogen-bond acceptors (Lipinski definition) is 4. The maximum absolute atomic E-state index is 5.55. The van der Waals surface area contributed by atoms with Crippen LogP contribution in [0.15, 0.2) is 47.1 Å². The first kappa shape index (κ1) is 10.6. The van der Waals surface area contributed by atoms with Crippen LogP contribution >= 0.6 is 0 Å². The van der Waals surface area contributed by atoms with E-state index in [1.165, 1.54) is 6.42 Å². The summed E-state index contributed by atoms with van der Waals surface area (Å²) in [6, 6.07) is 12.0. The van der Waals surface area contributed by atoms with Gasteiger partial charge in [0.15, 0.2) is 5.58 Å². The molecule has 0 aliphatic carbocycles. The van der Waals surface area contributed by atoms with Gasteiger partial charge in [0.1, 0.15) is 11.2 Å². The summed E-state index contributed by atoms with van der Waals surface area (Å²) in [7, 11) is 0. The van der Waals surface area contributed by atoms with Gasteiger partial charge in [-0.25, -0.2) is 9.97 Å². The summed E-state index contributed by atoms with van der Waals surface area (Å²) in [5.74, 6) is 0.805. The lowest BCUT2D eigenvalue weighted by molar-refractivity contribution is 0.597. The van der Waals surface area contributed by atoms with Crippen molar-refractivity contribution >= 4 is 17.0 Å². The maximum atomic E-state index is 5.55. The molecule has 3 heterocycles. The molecule has 3 aromatic rings. The van der Waals surface area contributed by atoms with Gasteiger partial charge in [-0.3, -0.25) is 0 Å². The van der Waals surface area contributed by atoms with Gasteiger partial charge >= 0.3 is 0 Å². The number of benzene rings is 1. The standard InChI is InChI=1S/C15H13N3O/c1-2-5-11(6-3-1)13-14-12(7-10-19-14)16-15(17-13)18-8-4-9-18/h1-3,5-7,10H,4,8-9H2. The van der Waals surface area contributed by atoms with Crippen LogP contribution in [0.1, 0.15) is 6.42 Å². The summed E-state index contributed by atoms with van der Waals surface area (Å²) < 4.78 is 5.55. The maximum Gasteiger partial charge on any atom is 0.226 e. The number of fused-ring (bicyclic) bond motifs is 1. The van der Waals surface area contributed by atoms with Crippen molar-refractivity contribution in [3.05, 3.63) is 42.7 Å². The molecular weight excluding hydrogens is 238 g/mol. The molecule has 0 amide bonds. The third kappa shape index (κ3) is 1.68. The highest BCUT2D eigenvalue weighted by molar-refractivity contribution is 5.88. The van der Waals surface area contributed by atoms with Gasteiger partial charge in [-0.1, -0.05) is 30.3 Å². The van der Waals surface area contributed by atoms with E-state index >= 15 is 0 Å². The second-order valence-electron chi connectivity index (χ2n) is 4.71. The molecule has 0 unspecified atom stereocenters. The van der Waals surface area contributed by atoms with Crippen molar-refractivity contribution < 1.29 is 4.42 Å². The van der Waals surface area contributed by atoms with Crippen molar-refractivity contribution in [3.8, 4) is 11.3 Å². The van der Waals surface area contributed by atoms with Crippen LogP contribution in [0.2, 0.25) is 0 Å². The minimum atomic E-state index is 0.760. The Morgan fingerprint density at radius 2 is 1.84 bits per heavy atom. The highest BCUT2D eigenvalue weighted by Crippen LogP contribution is 2.29. The molecule has 0 spiro atoms. The quantitative estimate of drug-likeness (QED) is 0.702. The highest BCUT2D eigenvalue weighted by atomic mass is 16.3. The Morgan fingerprint density at radius 1 is 1.00 bits per heavy atom. The zero-order valence-electron chi connectivity index (χ0n) is 10.4. The minimum Gasteiger partial charge on any atom is -0.460 e. The van der Waals surface area contributed by atoms with E-state index in [4.69, 9.17) is 4.42 Å². The van der Waals surface area contributed by atoms with Crippen molar-refractivity contribution in [2.75, 3.05) is 18.0 Å². The van der Waals surface area contributed by atoms with Gasteiger partial charge in [0, 0.05) is 24.7 Å². The monoisotopic (exact) mass is 251 g/mol. The molecule has 1 aliphatic heterocycles. The summed E-state index contributed by atoms with van der Waals surface area (Å²) in [6.07, 6.45) is 2.89. The van der Waals surface area contributed by atoms with Crippen LogP contribution in [-0.4, -0.2) is 23.1 Å². The molecule has 1 aliphatic rings. The number of hydrogen-bond donors (Lipinski definition) is 0. The van der Waals surface area contributed by atoms with E-state index in [2.05, 4.69) is 14.9 Å². The number of furan rings is 1. The Bertz CT molecular complexity index is 717. The van der Waals surface area contributed by atoms with Crippen LogP contribution in [0, 0.1) is 0 Å². The molecule has 0 atom stereocenters. The molecule has 4 heteroatoms. The fraction of sp³-hybridized carbons (Fsp3) is 0.200. The Kier molecular flexibility index (Phi) is 2.27. The molecule has 4 rings (SSSR count). The minimum absolute atomic E-state index is 0.760. The van der Waals surface area contributed by atoms with E-state index in [0.29, 0.717) is 0 Å². The van der Waals surface area contributed by atoms with E-state index in [1.54, 1.807) is 6.26 Å². The fourth-order valence-corrected chi connectivity index (χ4v) is 2.30. The first-order chi connectivity index (χ1) is 9.42. The van der Waals surface area contributed by atoms with Crippen molar-refractivity contribution in [1.29, 1.82) is 0 Å². The first-order valence-electron chi connectivity index (χ1n) is 6.47. The highest BCUT2D eigenvalue weighted by Gasteiger charge is 2.20. The lowest BCUT2D eigenvalue weighted by Gasteiger charge is -2.30. The largest absolute Gasteiger partial charge is 0.460 e. The number of aromatic nitrogens is 2. The SMILES string of the molecule is c1ccc(-c2nc(N3CCC3)nc3ccoc23)cc1. The van der Waals surface area contributed by atoms with E-state index in [-0.39, 0.29) is 0 Å². The lowest BCUT2D eigenvalue weighted by Crippen LogP contribution is -2.38. The van der Waals surface area contributed by atoms with Gasteiger partial charge in [-0.2, -0.15) is 0 Å². The third-order valence-electron chi connectivity index (χ3n) is 3.48. The molecule has 2 aromatic heterocycles. The number of nitrogens with zero attached hydrogens (tertiary/aromatic N) is 3. The van der Waals surface area contributed by atoms with E-state index in [9.17, 15) is 0 Å². The normalized spacial score (nSPS) is 14.6. The van der Waals surface area contributed by atoms with Gasteiger partial charge < -0.3 is 9.32 Å². The van der Waals surface area contributed by atoms with Crippen LogP contribution in [0.3, 0.4) is 0 Å². The van der Waals surface area contributed by atoms with Crippen molar-refractivity contribution in [3.63, 3.8) is 0 Å². The lowest BCUT2D eigenvalue weighted by atomic mass is 10.1. The summed E-state index contributed by atoms with van der Waals surface area (Å²) in [4.78, 5) is 11.4. The molecule has 0 N–H and O–H groups in total. The summed E-state index contributed by atoms with van der Waals surface area (Å²) in [5.41, 5.74) is 3.57. The van der Waals surface area contributed by atoms with Gasteiger partial charge in [-0.05, 0) is 6.42 Å². The molecule has 1 saturated heterocycles. The molecule has 1 fully saturated rings. The van der Waals surface area contributed by atoms with Gasteiger partial charge in [0.2, 0.25) is 5.95 Å². The molecule has 0 saturated carbocycles. The van der Waals surface area contributed by atoms with Gasteiger partial charge in [-0.15, -0.1) is 0 Å². The molecule has 0 radical (unpaired) electrons. The van der Waals surface area contributed by atoms with Crippen molar-refractivity contribution in [2.45, 2.75) is 6.42 Å². The van der Waals surface area contributed by atoms with Crippen molar-refractivity contribution in [1.82, 2.24) is 9.97 Å². The molecule has 0 bridgehead atoms. The Hall–Kier alpha value is -2.36. The fourth-order valence-electron chi connectivity index (χ4n) is 2.30. The average Bonchev–Trinajstić information content (AvgIpc) is 2.85. The zero-order chi connectivity index (χ0) is 12.7. The molecule has 1 aromatic carbocycles. The van der Waals surface area contributed by atoms with Crippen LogP contribution in [0.25, 0.3) is 22.4 Å². The first-order valence-corrected chi connectivity index (χ1v) is 6.47. The predicted molar refractivity (Wildman–Crippen MR) is 74.1 cm³/mol. The molecular formula is C15H13N3O. The summed E-state index contributed by atoms with van der Waals surface area (Å²) >= 11 is 0. The van der Waals surface area contributed by atoms with E-state index in [0.717, 1.165) is 41.4 Å². The molecule has 4 nitrogen and oxygen atoms in total. The average molecular weight is 251 g/mol. The molecule has 94 valence electrons. The third-order valence-corrected chi connectivity index (χ3v) is 3.48. The second-order valence-corrected chi connectivity index (χ2v) is 4.71. The van der Waals surface area contributed by atoms with Crippen LogP contribution in [0.4, 0.5) is 5.95 Å². The Labute approximate surface area is 110 Å². The molecule has 19 heavy (non-hydrogen) atoms. The van der Waals surface area contributed by atoms with Gasteiger partial charge in [0.05, 0.1) is 6.26 Å². The predicted octanol–water partition coefficient (Wildman–Crippen LogP) is 3.10. The van der Waals surface area contributed by atoms with E-state index in [1.807, 2.05) is 36.4 Å². The Morgan fingerprint density at radius 3 is 2.58 bits per heavy atom. The topological polar surface area (TPSA) is 42.2 Å². The summed E-state index contributed by atoms with van der Waals surface area (Å²) in [5, 5.41) is 0. The second kappa shape index (κ2) is 4.09. The van der Waals surface area contributed by atoms with Crippen LogP contribution < -0.4 is 4.90 Å². The van der Waals surface area contributed by atoms with Crippen LogP contribution in [0.5, 0.6) is 0 Å².